The molecule has 1 aromatic heterocycles. The number of aromatic nitrogens is 1. The SMILES string of the molecule is O=C(Cc1ccc2c(c1)OCO2)Nc1nc2c(Br)cccc2s1. The fourth-order valence-electron chi connectivity index (χ4n) is 2.37. The molecule has 2 aromatic carbocycles. The van der Waals surface area contributed by atoms with Crippen molar-refractivity contribution in [3.8, 4) is 11.5 Å². The van der Waals surface area contributed by atoms with E-state index in [0.29, 0.717) is 16.6 Å². The summed E-state index contributed by atoms with van der Waals surface area (Å²) in [5, 5.41) is 3.45. The van der Waals surface area contributed by atoms with E-state index in [2.05, 4.69) is 26.2 Å². The van der Waals surface area contributed by atoms with Gasteiger partial charge in [0.1, 0.15) is 0 Å². The van der Waals surface area contributed by atoms with Crippen LogP contribution in [0.15, 0.2) is 40.9 Å². The number of benzene rings is 2. The van der Waals surface area contributed by atoms with E-state index in [4.69, 9.17) is 9.47 Å². The van der Waals surface area contributed by atoms with Crippen LogP contribution >= 0.6 is 27.3 Å². The molecule has 0 bridgehead atoms. The second-order valence-corrected chi connectivity index (χ2v) is 6.90. The number of nitrogens with zero attached hydrogens (tertiary/aromatic N) is 1. The molecule has 4 rings (SSSR count). The molecule has 0 atom stereocenters. The van der Waals surface area contributed by atoms with Crippen molar-refractivity contribution >= 4 is 48.5 Å². The number of fused-ring (bicyclic) bond motifs is 2. The molecular weight excluding hydrogens is 380 g/mol. The van der Waals surface area contributed by atoms with Gasteiger partial charge in [0.05, 0.1) is 16.6 Å². The lowest BCUT2D eigenvalue weighted by Crippen LogP contribution is -2.14. The predicted octanol–water partition coefficient (Wildman–Crippen LogP) is 3.97. The molecule has 1 aliphatic rings. The molecule has 116 valence electrons. The Morgan fingerprint density at radius 2 is 2.13 bits per heavy atom. The standard InChI is InChI=1S/C16H11BrN2O3S/c17-10-2-1-3-13-15(10)19-16(23-13)18-14(20)7-9-4-5-11-12(6-9)22-8-21-11/h1-6H,7-8H2,(H,18,19,20). The second-order valence-electron chi connectivity index (χ2n) is 5.02. The van der Waals surface area contributed by atoms with E-state index in [1.54, 1.807) is 0 Å². The molecule has 1 aliphatic heterocycles. The van der Waals surface area contributed by atoms with Crippen molar-refractivity contribution in [2.45, 2.75) is 6.42 Å². The van der Waals surface area contributed by atoms with Gasteiger partial charge >= 0.3 is 0 Å². The zero-order valence-electron chi connectivity index (χ0n) is 11.8. The summed E-state index contributed by atoms with van der Waals surface area (Å²) in [4.78, 5) is 16.7. The molecule has 0 fully saturated rings. The van der Waals surface area contributed by atoms with Gasteiger partial charge in [-0.2, -0.15) is 0 Å². The van der Waals surface area contributed by atoms with E-state index in [1.165, 1.54) is 11.3 Å². The number of carbonyl (C=O) groups excluding carboxylic acids is 1. The van der Waals surface area contributed by atoms with Gasteiger partial charge in [-0.1, -0.05) is 23.5 Å². The van der Waals surface area contributed by atoms with Crippen molar-refractivity contribution in [1.29, 1.82) is 0 Å². The number of ether oxygens (including phenoxy) is 2. The van der Waals surface area contributed by atoms with Crippen molar-refractivity contribution in [2.75, 3.05) is 12.1 Å². The first-order valence-electron chi connectivity index (χ1n) is 6.92. The van der Waals surface area contributed by atoms with E-state index in [9.17, 15) is 4.79 Å². The molecule has 1 amide bonds. The Morgan fingerprint density at radius 1 is 1.26 bits per heavy atom. The van der Waals surface area contributed by atoms with Gasteiger partial charge in [0.25, 0.3) is 0 Å². The molecule has 2 heterocycles. The highest BCUT2D eigenvalue weighted by Crippen LogP contribution is 2.33. The van der Waals surface area contributed by atoms with Crippen LogP contribution in [0.5, 0.6) is 11.5 Å². The number of hydrogen-bond donors (Lipinski definition) is 1. The summed E-state index contributed by atoms with van der Waals surface area (Å²) in [6.07, 6.45) is 0.258. The summed E-state index contributed by atoms with van der Waals surface area (Å²) < 4.78 is 12.5. The van der Waals surface area contributed by atoms with Crippen molar-refractivity contribution in [3.63, 3.8) is 0 Å². The third kappa shape index (κ3) is 2.89. The number of rotatable bonds is 3. The van der Waals surface area contributed by atoms with Crippen molar-refractivity contribution in [3.05, 3.63) is 46.4 Å². The van der Waals surface area contributed by atoms with Crippen LogP contribution in [0.4, 0.5) is 5.13 Å². The number of amides is 1. The molecule has 0 saturated heterocycles. The average Bonchev–Trinajstić information content (AvgIpc) is 3.13. The number of thiazole rings is 1. The minimum atomic E-state index is -0.112. The second kappa shape index (κ2) is 5.82. The predicted molar refractivity (Wildman–Crippen MR) is 92.2 cm³/mol. The maximum Gasteiger partial charge on any atom is 0.231 e. The third-order valence-electron chi connectivity index (χ3n) is 3.42. The summed E-state index contributed by atoms with van der Waals surface area (Å²) in [5.41, 5.74) is 1.73. The summed E-state index contributed by atoms with van der Waals surface area (Å²) >= 11 is 4.92. The van der Waals surface area contributed by atoms with Crippen LogP contribution < -0.4 is 14.8 Å². The van der Waals surface area contributed by atoms with Gasteiger partial charge in [0.2, 0.25) is 12.7 Å². The topological polar surface area (TPSA) is 60.5 Å². The molecule has 0 radical (unpaired) electrons. The number of hydrogen-bond acceptors (Lipinski definition) is 5. The molecule has 5 nitrogen and oxygen atoms in total. The highest BCUT2D eigenvalue weighted by molar-refractivity contribution is 9.10. The summed E-state index contributed by atoms with van der Waals surface area (Å²) in [6, 6.07) is 11.4. The largest absolute Gasteiger partial charge is 0.454 e. The molecule has 1 N–H and O–H groups in total. The van der Waals surface area contributed by atoms with E-state index in [0.717, 1.165) is 20.3 Å². The number of anilines is 1. The highest BCUT2D eigenvalue weighted by atomic mass is 79.9. The van der Waals surface area contributed by atoms with Gasteiger partial charge in [-0.3, -0.25) is 4.79 Å². The minimum absolute atomic E-state index is 0.112. The fraction of sp³-hybridized carbons (Fsp3) is 0.125. The van der Waals surface area contributed by atoms with Gasteiger partial charge in [-0.05, 0) is 45.8 Å². The highest BCUT2D eigenvalue weighted by Gasteiger charge is 2.15. The summed E-state index contributed by atoms with van der Waals surface area (Å²) in [6.45, 7) is 0.228. The Hall–Kier alpha value is -2.12. The Kier molecular flexibility index (Phi) is 3.66. The monoisotopic (exact) mass is 390 g/mol. The Labute approximate surface area is 144 Å². The summed E-state index contributed by atoms with van der Waals surface area (Å²) in [5.74, 6) is 1.28. The quantitative estimate of drug-likeness (QED) is 0.734. The van der Waals surface area contributed by atoms with Gasteiger partial charge in [0, 0.05) is 4.47 Å². The molecule has 3 aromatic rings. The van der Waals surface area contributed by atoms with Crippen molar-refractivity contribution in [2.24, 2.45) is 0 Å². The van der Waals surface area contributed by atoms with Crippen molar-refractivity contribution < 1.29 is 14.3 Å². The lowest BCUT2D eigenvalue weighted by atomic mass is 10.1. The van der Waals surface area contributed by atoms with Crippen LogP contribution in [-0.4, -0.2) is 17.7 Å². The average molecular weight is 391 g/mol. The van der Waals surface area contributed by atoms with Gasteiger partial charge < -0.3 is 14.8 Å². The lowest BCUT2D eigenvalue weighted by molar-refractivity contribution is -0.115. The first-order chi connectivity index (χ1) is 11.2. The van der Waals surface area contributed by atoms with Crippen LogP contribution in [0, 0.1) is 0 Å². The zero-order valence-corrected chi connectivity index (χ0v) is 14.2. The van der Waals surface area contributed by atoms with E-state index in [1.807, 2.05) is 36.4 Å². The third-order valence-corrected chi connectivity index (χ3v) is 4.99. The Balaban J connectivity index is 1.49. The van der Waals surface area contributed by atoms with Crippen molar-refractivity contribution in [1.82, 2.24) is 4.98 Å². The summed E-state index contributed by atoms with van der Waals surface area (Å²) in [7, 11) is 0. The minimum Gasteiger partial charge on any atom is -0.454 e. The van der Waals surface area contributed by atoms with Gasteiger partial charge in [-0.25, -0.2) is 4.98 Å². The normalized spacial score (nSPS) is 12.6. The van der Waals surface area contributed by atoms with Crippen LogP contribution in [0.1, 0.15) is 5.56 Å². The maximum atomic E-state index is 12.2. The molecule has 7 heteroatoms. The van der Waals surface area contributed by atoms with Crippen LogP contribution in [0.25, 0.3) is 10.2 Å². The van der Waals surface area contributed by atoms with Gasteiger partial charge in [-0.15, -0.1) is 0 Å². The Morgan fingerprint density at radius 3 is 3.00 bits per heavy atom. The smallest absolute Gasteiger partial charge is 0.231 e. The molecular formula is C16H11BrN2O3S. The van der Waals surface area contributed by atoms with Crippen LogP contribution in [0.2, 0.25) is 0 Å². The fourth-order valence-corrected chi connectivity index (χ4v) is 3.86. The maximum absolute atomic E-state index is 12.2. The van der Waals surface area contributed by atoms with Crippen LogP contribution in [0.3, 0.4) is 0 Å². The van der Waals surface area contributed by atoms with E-state index < -0.39 is 0 Å². The lowest BCUT2D eigenvalue weighted by Gasteiger charge is -2.03. The molecule has 0 aliphatic carbocycles. The number of para-hydroxylation sites is 1. The van der Waals surface area contributed by atoms with Crippen LogP contribution in [-0.2, 0) is 11.2 Å². The van der Waals surface area contributed by atoms with Gasteiger partial charge in [0.15, 0.2) is 16.6 Å². The van der Waals surface area contributed by atoms with E-state index >= 15 is 0 Å². The first-order valence-corrected chi connectivity index (χ1v) is 8.53. The number of nitrogens with one attached hydrogen (secondary N) is 1. The first kappa shape index (κ1) is 14.5. The molecule has 23 heavy (non-hydrogen) atoms. The zero-order chi connectivity index (χ0) is 15.8. The Bertz CT molecular complexity index is 909. The molecule has 0 unspecified atom stereocenters. The van der Waals surface area contributed by atoms with E-state index in [-0.39, 0.29) is 19.1 Å². The molecule has 0 saturated carbocycles. The number of halogens is 1. The number of carbonyl (C=O) groups is 1. The molecule has 0 spiro atoms.